The van der Waals surface area contributed by atoms with Gasteiger partial charge in [0, 0.05) is 18.3 Å². The number of nitrogens with one attached hydrogen (secondary N) is 2. The third kappa shape index (κ3) is 6.35. The number of carbonyl (C=O) groups excluding carboxylic acids is 1. The fourth-order valence-corrected chi connectivity index (χ4v) is 2.20. The van der Waals surface area contributed by atoms with Crippen molar-refractivity contribution in [3.05, 3.63) is 54.1 Å². The number of anilines is 1. The minimum absolute atomic E-state index is 0.0138. The number of ether oxygens (including phenoxy) is 2. The molecular formula is C19H24N4O3. The smallest absolute Gasteiger partial charge is 0.257 e. The molecule has 2 rings (SSSR count). The maximum absolute atomic E-state index is 11.4. The van der Waals surface area contributed by atoms with Crippen molar-refractivity contribution in [2.45, 2.75) is 13.5 Å². The number of hydrogen-bond acceptors (Lipinski definition) is 4. The molecule has 0 saturated carbocycles. The van der Waals surface area contributed by atoms with Gasteiger partial charge in [0.1, 0.15) is 11.5 Å². The van der Waals surface area contributed by atoms with Gasteiger partial charge in [-0.25, -0.2) is 4.99 Å². The topological polar surface area (TPSA) is 98.0 Å². The van der Waals surface area contributed by atoms with Crippen LogP contribution in [-0.2, 0) is 11.3 Å². The fourth-order valence-electron chi connectivity index (χ4n) is 2.20. The Morgan fingerprint density at radius 3 is 2.69 bits per heavy atom. The van der Waals surface area contributed by atoms with E-state index in [9.17, 15) is 4.79 Å². The summed E-state index contributed by atoms with van der Waals surface area (Å²) in [5.41, 5.74) is 7.65. The van der Waals surface area contributed by atoms with Gasteiger partial charge in [0.15, 0.2) is 12.6 Å². The number of benzene rings is 2. The van der Waals surface area contributed by atoms with E-state index in [0.29, 0.717) is 24.8 Å². The van der Waals surface area contributed by atoms with E-state index >= 15 is 0 Å². The highest BCUT2D eigenvalue weighted by Crippen LogP contribution is 2.17. The number of methoxy groups -OCH3 is 1. The molecule has 138 valence electrons. The molecule has 0 radical (unpaired) electrons. The number of guanidine groups is 1. The van der Waals surface area contributed by atoms with E-state index in [0.717, 1.165) is 17.0 Å². The summed E-state index contributed by atoms with van der Waals surface area (Å²) in [7, 11) is 1.61. The summed E-state index contributed by atoms with van der Waals surface area (Å²) in [6.45, 7) is 2.82. The standard InChI is InChI=1S/C19H24N4O3/c1-3-21-18(24)13-26-17-9-4-6-14(10-17)12-22-19(20)23-15-7-5-8-16(11-15)25-2/h4-11H,3,12-13H2,1-2H3,(H,21,24)(H3,20,22,23). The van der Waals surface area contributed by atoms with Gasteiger partial charge in [-0.3, -0.25) is 4.79 Å². The normalized spacial score (nSPS) is 10.9. The first-order valence-electron chi connectivity index (χ1n) is 8.30. The average Bonchev–Trinajstić information content (AvgIpc) is 2.65. The summed E-state index contributed by atoms with van der Waals surface area (Å²) in [5.74, 6) is 1.50. The highest BCUT2D eigenvalue weighted by Gasteiger charge is 2.02. The Morgan fingerprint density at radius 1 is 1.15 bits per heavy atom. The molecule has 0 fully saturated rings. The van der Waals surface area contributed by atoms with Gasteiger partial charge >= 0.3 is 0 Å². The molecule has 2 aromatic carbocycles. The van der Waals surface area contributed by atoms with E-state index in [-0.39, 0.29) is 12.5 Å². The number of aliphatic imine (C=N–C) groups is 1. The third-order valence-corrected chi connectivity index (χ3v) is 3.42. The molecule has 0 bridgehead atoms. The zero-order valence-corrected chi connectivity index (χ0v) is 15.0. The number of nitrogens with zero attached hydrogens (tertiary/aromatic N) is 1. The van der Waals surface area contributed by atoms with Crippen molar-refractivity contribution >= 4 is 17.6 Å². The second kappa shape index (κ2) is 9.93. The van der Waals surface area contributed by atoms with Crippen LogP contribution >= 0.6 is 0 Å². The number of rotatable bonds is 8. The summed E-state index contributed by atoms with van der Waals surface area (Å²) >= 11 is 0. The molecule has 0 aliphatic heterocycles. The van der Waals surface area contributed by atoms with Crippen molar-refractivity contribution < 1.29 is 14.3 Å². The van der Waals surface area contributed by atoms with Gasteiger partial charge < -0.3 is 25.8 Å². The van der Waals surface area contributed by atoms with E-state index in [1.54, 1.807) is 13.2 Å². The van der Waals surface area contributed by atoms with E-state index in [1.165, 1.54) is 0 Å². The zero-order valence-electron chi connectivity index (χ0n) is 15.0. The number of nitrogens with two attached hydrogens (primary N) is 1. The molecule has 7 nitrogen and oxygen atoms in total. The number of carbonyl (C=O) groups is 1. The SMILES string of the molecule is CCNC(=O)COc1cccc(CN=C(N)Nc2cccc(OC)c2)c1. The molecule has 1 amide bonds. The lowest BCUT2D eigenvalue weighted by molar-refractivity contribution is -0.122. The van der Waals surface area contributed by atoms with Crippen LogP contribution in [0.1, 0.15) is 12.5 Å². The largest absolute Gasteiger partial charge is 0.497 e. The minimum atomic E-state index is -0.150. The van der Waals surface area contributed by atoms with Crippen LogP contribution in [0.3, 0.4) is 0 Å². The summed E-state index contributed by atoms with van der Waals surface area (Å²) in [5, 5.41) is 5.70. The number of hydrogen-bond donors (Lipinski definition) is 3. The predicted molar refractivity (Wildman–Crippen MR) is 103 cm³/mol. The van der Waals surface area contributed by atoms with Crippen LogP contribution in [0, 0.1) is 0 Å². The van der Waals surface area contributed by atoms with E-state index in [1.807, 2.05) is 49.4 Å². The van der Waals surface area contributed by atoms with E-state index in [2.05, 4.69) is 15.6 Å². The summed E-state index contributed by atoms with van der Waals surface area (Å²) in [4.78, 5) is 15.8. The van der Waals surface area contributed by atoms with Gasteiger partial charge in [-0.2, -0.15) is 0 Å². The second-order valence-corrected chi connectivity index (χ2v) is 5.45. The first-order chi connectivity index (χ1) is 12.6. The van der Waals surface area contributed by atoms with Gasteiger partial charge in [-0.05, 0) is 36.8 Å². The highest BCUT2D eigenvalue weighted by atomic mass is 16.5. The van der Waals surface area contributed by atoms with Crippen molar-refractivity contribution in [2.24, 2.45) is 10.7 Å². The average molecular weight is 356 g/mol. The Hall–Kier alpha value is -3.22. The summed E-state index contributed by atoms with van der Waals surface area (Å²) in [6, 6.07) is 14.8. The van der Waals surface area contributed by atoms with Crippen LogP contribution in [0.15, 0.2) is 53.5 Å². The Kier molecular flexibility index (Phi) is 7.30. The lowest BCUT2D eigenvalue weighted by atomic mass is 10.2. The Labute approximate surface area is 153 Å². The lowest BCUT2D eigenvalue weighted by Gasteiger charge is -2.09. The Morgan fingerprint density at radius 2 is 1.92 bits per heavy atom. The quantitative estimate of drug-likeness (QED) is 0.497. The Bertz CT molecular complexity index is 762. The zero-order chi connectivity index (χ0) is 18.8. The Balaban J connectivity index is 1.92. The molecule has 0 heterocycles. The van der Waals surface area contributed by atoms with Gasteiger partial charge in [0.2, 0.25) is 0 Å². The highest BCUT2D eigenvalue weighted by molar-refractivity contribution is 5.92. The molecule has 0 spiro atoms. The maximum Gasteiger partial charge on any atom is 0.257 e. The fraction of sp³-hybridized carbons (Fsp3) is 0.263. The molecule has 0 aromatic heterocycles. The van der Waals surface area contributed by atoms with Crippen LogP contribution < -0.4 is 25.8 Å². The van der Waals surface area contributed by atoms with Crippen molar-refractivity contribution in [3.63, 3.8) is 0 Å². The molecule has 7 heteroatoms. The van der Waals surface area contributed by atoms with Crippen molar-refractivity contribution in [1.29, 1.82) is 0 Å². The monoisotopic (exact) mass is 356 g/mol. The molecule has 0 unspecified atom stereocenters. The summed E-state index contributed by atoms with van der Waals surface area (Å²) < 4.78 is 10.6. The molecule has 0 aliphatic carbocycles. The third-order valence-electron chi connectivity index (χ3n) is 3.42. The van der Waals surface area contributed by atoms with Crippen molar-refractivity contribution in [2.75, 3.05) is 25.6 Å². The first kappa shape index (κ1) is 19.1. The maximum atomic E-state index is 11.4. The second-order valence-electron chi connectivity index (χ2n) is 5.45. The van der Waals surface area contributed by atoms with Gasteiger partial charge in [-0.15, -0.1) is 0 Å². The van der Waals surface area contributed by atoms with Crippen LogP contribution in [0.4, 0.5) is 5.69 Å². The molecular weight excluding hydrogens is 332 g/mol. The van der Waals surface area contributed by atoms with E-state index < -0.39 is 0 Å². The van der Waals surface area contributed by atoms with Crippen molar-refractivity contribution in [3.8, 4) is 11.5 Å². The molecule has 26 heavy (non-hydrogen) atoms. The lowest BCUT2D eigenvalue weighted by Crippen LogP contribution is -2.28. The molecule has 0 atom stereocenters. The van der Waals surface area contributed by atoms with Crippen molar-refractivity contribution in [1.82, 2.24) is 5.32 Å². The first-order valence-corrected chi connectivity index (χ1v) is 8.30. The number of amides is 1. The molecule has 2 aromatic rings. The minimum Gasteiger partial charge on any atom is -0.497 e. The van der Waals surface area contributed by atoms with Crippen LogP contribution in [0.5, 0.6) is 11.5 Å². The van der Waals surface area contributed by atoms with Gasteiger partial charge in [0.25, 0.3) is 5.91 Å². The molecule has 0 aliphatic rings. The summed E-state index contributed by atoms with van der Waals surface area (Å²) in [6.07, 6.45) is 0. The molecule has 0 saturated heterocycles. The van der Waals surface area contributed by atoms with Crippen LogP contribution in [-0.4, -0.2) is 32.1 Å². The van der Waals surface area contributed by atoms with Gasteiger partial charge in [-0.1, -0.05) is 18.2 Å². The number of likely N-dealkylation sites (N-methyl/N-ethyl adjacent to an activating group) is 1. The van der Waals surface area contributed by atoms with Crippen LogP contribution in [0.25, 0.3) is 0 Å². The van der Waals surface area contributed by atoms with Crippen LogP contribution in [0.2, 0.25) is 0 Å². The predicted octanol–water partition coefficient (Wildman–Crippen LogP) is 2.14. The van der Waals surface area contributed by atoms with E-state index in [4.69, 9.17) is 15.2 Å². The van der Waals surface area contributed by atoms with Gasteiger partial charge in [0.05, 0.1) is 13.7 Å². The molecule has 4 N–H and O–H groups in total.